The Bertz CT molecular complexity index is 565. The zero-order valence-electron chi connectivity index (χ0n) is 12.2. The molecule has 0 radical (unpaired) electrons. The van der Waals surface area contributed by atoms with Crippen LogP contribution in [0.3, 0.4) is 0 Å². The van der Waals surface area contributed by atoms with E-state index in [1.807, 2.05) is 23.9 Å². The fraction of sp³-hybridized carbons (Fsp3) is 0.467. The Morgan fingerprint density at radius 3 is 2.90 bits per heavy atom. The first-order valence-corrected chi connectivity index (χ1v) is 6.96. The Morgan fingerprint density at radius 2 is 2.20 bits per heavy atom. The molecular weight excluding hydrogens is 255 g/mol. The Hall–Kier alpha value is -1.75. The van der Waals surface area contributed by atoms with Gasteiger partial charge in [0.25, 0.3) is 0 Å². The van der Waals surface area contributed by atoms with E-state index in [9.17, 15) is 4.39 Å². The predicted octanol–water partition coefficient (Wildman–Crippen LogP) is 2.64. The zero-order valence-corrected chi connectivity index (χ0v) is 12.2. The number of aromatic nitrogens is 3. The van der Waals surface area contributed by atoms with Gasteiger partial charge in [-0.15, -0.1) is 0 Å². The highest BCUT2D eigenvalue weighted by Gasteiger charge is 2.18. The standard InChI is InChI=1S/C15H21FN4/c1-4-8-20-14(18-10-19-20)9-13(17-3)12-7-5-6-11(2)15(12)16/h5-7,10,13,17H,4,8-9H2,1-3H3. The topological polar surface area (TPSA) is 42.7 Å². The van der Waals surface area contributed by atoms with E-state index >= 15 is 0 Å². The molecule has 1 unspecified atom stereocenters. The van der Waals surface area contributed by atoms with Crippen LogP contribution in [0.15, 0.2) is 24.5 Å². The van der Waals surface area contributed by atoms with Gasteiger partial charge in [-0.25, -0.2) is 9.37 Å². The van der Waals surface area contributed by atoms with Crippen molar-refractivity contribution in [2.24, 2.45) is 0 Å². The van der Waals surface area contributed by atoms with Gasteiger partial charge in [-0.1, -0.05) is 25.1 Å². The Balaban J connectivity index is 2.24. The number of hydrogen-bond donors (Lipinski definition) is 1. The third-order valence-corrected chi connectivity index (χ3v) is 3.46. The molecule has 0 aliphatic rings. The molecule has 0 aliphatic carbocycles. The van der Waals surface area contributed by atoms with Crippen molar-refractivity contribution in [3.8, 4) is 0 Å². The van der Waals surface area contributed by atoms with Gasteiger partial charge in [-0.3, -0.25) is 4.68 Å². The minimum Gasteiger partial charge on any atom is -0.313 e. The number of likely N-dealkylation sites (N-methyl/N-ethyl adjacent to an activating group) is 1. The number of aryl methyl sites for hydroxylation is 2. The minimum absolute atomic E-state index is 0.102. The molecule has 2 aromatic rings. The van der Waals surface area contributed by atoms with Gasteiger partial charge in [0, 0.05) is 24.6 Å². The van der Waals surface area contributed by atoms with Crippen molar-refractivity contribution in [2.45, 2.75) is 39.3 Å². The fourth-order valence-electron chi connectivity index (χ4n) is 2.33. The summed E-state index contributed by atoms with van der Waals surface area (Å²) in [5.41, 5.74) is 1.34. The highest BCUT2D eigenvalue weighted by Crippen LogP contribution is 2.22. The summed E-state index contributed by atoms with van der Waals surface area (Å²) < 4.78 is 16.1. The van der Waals surface area contributed by atoms with Crippen LogP contribution >= 0.6 is 0 Å². The maximum atomic E-state index is 14.2. The second-order valence-electron chi connectivity index (χ2n) is 4.92. The van der Waals surface area contributed by atoms with Crippen LogP contribution in [0.5, 0.6) is 0 Å². The molecule has 1 aromatic carbocycles. The van der Waals surface area contributed by atoms with E-state index in [-0.39, 0.29) is 11.9 Å². The van der Waals surface area contributed by atoms with Crippen molar-refractivity contribution >= 4 is 0 Å². The van der Waals surface area contributed by atoms with E-state index in [4.69, 9.17) is 0 Å². The van der Waals surface area contributed by atoms with Crippen LogP contribution in [0.2, 0.25) is 0 Å². The number of halogens is 1. The molecule has 0 bridgehead atoms. The summed E-state index contributed by atoms with van der Waals surface area (Å²) in [6.45, 7) is 4.72. The summed E-state index contributed by atoms with van der Waals surface area (Å²) in [5.74, 6) is 0.737. The maximum absolute atomic E-state index is 14.2. The van der Waals surface area contributed by atoms with Crippen molar-refractivity contribution < 1.29 is 4.39 Å². The van der Waals surface area contributed by atoms with Crippen molar-refractivity contribution in [1.82, 2.24) is 20.1 Å². The molecule has 1 heterocycles. The number of benzene rings is 1. The normalized spacial score (nSPS) is 12.6. The molecule has 1 aromatic heterocycles. The van der Waals surface area contributed by atoms with E-state index in [1.54, 1.807) is 19.3 Å². The summed E-state index contributed by atoms with van der Waals surface area (Å²) >= 11 is 0. The van der Waals surface area contributed by atoms with Crippen LogP contribution in [-0.4, -0.2) is 21.8 Å². The fourth-order valence-corrected chi connectivity index (χ4v) is 2.33. The highest BCUT2D eigenvalue weighted by molar-refractivity contribution is 5.28. The van der Waals surface area contributed by atoms with E-state index in [1.165, 1.54) is 0 Å². The Labute approximate surface area is 119 Å². The van der Waals surface area contributed by atoms with Crippen LogP contribution in [0.4, 0.5) is 4.39 Å². The smallest absolute Gasteiger partial charge is 0.138 e. The second kappa shape index (κ2) is 6.61. The largest absolute Gasteiger partial charge is 0.313 e. The monoisotopic (exact) mass is 276 g/mol. The molecule has 2 rings (SSSR count). The number of hydrogen-bond acceptors (Lipinski definition) is 3. The van der Waals surface area contributed by atoms with Gasteiger partial charge in [0.2, 0.25) is 0 Å². The van der Waals surface area contributed by atoms with Crippen LogP contribution in [0, 0.1) is 12.7 Å². The summed E-state index contributed by atoms with van der Waals surface area (Å²) in [7, 11) is 1.84. The van der Waals surface area contributed by atoms with Crippen LogP contribution < -0.4 is 5.32 Å². The average molecular weight is 276 g/mol. The molecule has 0 spiro atoms. The molecule has 108 valence electrons. The van der Waals surface area contributed by atoms with Gasteiger partial charge >= 0.3 is 0 Å². The van der Waals surface area contributed by atoms with E-state index in [0.29, 0.717) is 17.5 Å². The lowest BCUT2D eigenvalue weighted by molar-refractivity contribution is 0.494. The highest BCUT2D eigenvalue weighted by atomic mass is 19.1. The first kappa shape index (κ1) is 14.7. The lowest BCUT2D eigenvalue weighted by atomic mass is 10.0. The Kier molecular flexibility index (Phi) is 4.84. The predicted molar refractivity (Wildman–Crippen MR) is 77.0 cm³/mol. The molecule has 0 saturated carbocycles. The zero-order chi connectivity index (χ0) is 14.5. The molecule has 0 amide bonds. The molecule has 1 N–H and O–H groups in total. The first-order valence-electron chi connectivity index (χ1n) is 6.96. The van der Waals surface area contributed by atoms with Crippen molar-refractivity contribution in [3.63, 3.8) is 0 Å². The molecule has 20 heavy (non-hydrogen) atoms. The second-order valence-corrected chi connectivity index (χ2v) is 4.92. The molecule has 5 heteroatoms. The third kappa shape index (κ3) is 3.04. The summed E-state index contributed by atoms with van der Waals surface area (Å²) in [4.78, 5) is 4.29. The van der Waals surface area contributed by atoms with Gasteiger partial charge in [0.05, 0.1) is 0 Å². The van der Waals surface area contributed by atoms with Crippen LogP contribution in [-0.2, 0) is 13.0 Å². The van der Waals surface area contributed by atoms with Gasteiger partial charge in [-0.2, -0.15) is 5.10 Å². The third-order valence-electron chi connectivity index (χ3n) is 3.46. The van der Waals surface area contributed by atoms with Crippen LogP contribution in [0.1, 0.15) is 36.3 Å². The lowest BCUT2D eigenvalue weighted by Gasteiger charge is -2.18. The Morgan fingerprint density at radius 1 is 1.40 bits per heavy atom. The van der Waals surface area contributed by atoms with Gasteiger partial charge in [0.1, 0.15) is 18.0 Å². The van der Waals surface area contributed by atoms with Crippen LogP contribution in [0.25, 0.3) is 0 Å². The molecule has 0 fully saturated rings. The van der Waals surface area contributed by atoms with Gasteiger partial charge in [0.15, 0.2) is 0 Å². The van der Waals surface area contributed by atoms with Gasteiger partial charge in [-0.05, 0) is 26.0 Å². The van der Waals surface area contributed by atoms with Crippen molar-refractivity contribution in [3.05, 3.63) is 47.3 Å². The molecule has 0 aliphatic heterocycles. The maximum Gasteiger partial charge on any atom is 0.138 e. The summed E-state index contributed by atoms with van der Waals surface area (Å²) in [6.07, 6.45) is 3.18. The van der Waals surface area contributed by atoms with Crippen molar-refractivity contribution in [2.75, 3.05) is 7.05 Å². The summed E-state index contributed by atoms with van der Waals surface area (Å²) in [5, 5.41) is 7.38. The van der Waals surface area contributed by atoms with Gasteiger partial charge < -0.3 is 5.32 Å². The molecule has 4 nitrogen and oxygen atoms in total. The molecular formula is C15H21FN4. The van der Waals surface area contributed by atoms with E-state index < -0.39 is 0 Å². The average Bonchev–Trinajstić information content (AvgIpc) is 2.87. The lowest BCUT2D eigenvalue weighted by Crippen LogP contribution is -2.22. The number of rotatable bonds is 6. The van der Waals surface area contributed by atoms with E-state index in [0.717, 1.165) is 18.8 Å². The minimum atomic E-state index is -0.145. The molecule has 0 saturated heterocycles. The summed E-state index contributed by atoms with van der Waals surface area (Å²) in [6, 6.07) is 5.39. The number of nitrogens with zero attached hydrogens (tertiary/aromatic N) is 3. The quantitative estimate of drug-likeness (QED) is 0.882. The van der Waals surface area contributed by atoms with E-state index in [2.05, 4.69) is 22.3 Å². The first-order chi connectivity index (χ1) is 9.67. The number of nitrogens with one attached hydrogen (secondary N) is 1. The van der Waals surface area contributed by atoms with Crippen molar-refractivity contribution in [1.29, 1.82) is 0 Å². The SMILES string of the molecule is CCCn1ncnc1CC(NC)c1cccc(C)c1F. The molecule has 1 atom stereocenters.